The number of rotatable bonds is 2. The lowest BCUT2D eigenvalue weighted by atomic mass is 10.1. The van der Waals surface area contributed by atoms with Crippen molar-refractivity contribution >= 4 is 28.5 Å². The number of hydrogen-bond acceptors (Lipinski definition) is 4. The van der Waals surface area contributed by atoms with Gasteiger partial charge in [0.15, 0.2) is 11.6 Å². The van der Waals surface area contributed by atoms with Gasteiger partial charge in [-0.2, -0.15) is 13.2 Å². The first-order valence-electron chi connectivity index (χ1n) is 7.98. The number of pyridine rings is 1. The van der Waals surface area contributed by atoms with Crippen LogP contribution in [-0.4, -0.2) is 45.9 Å². The first-order valence-corrected chi connectivity index (χ1v) is 7.98. The van der Waals surface area contributed by atoms with E-state index in [1.54, 1.807) is 17.9 Å². The number of aromatic nitrogens is 1. The van der Waals surface area contributed by atoms with Gasteiger partial charge in [-0.25, -0.2) is 23.4 Å². The van der Waals surface area contributed by atoms with Gasteiger partial charge in [0, 0.05) is 23.3 Å². The minimum Gasteiger partial charge on any atom is -0.480 e. The third-order valence-corrected chi connectivity index (χ3v) is 4.07. The van der Waals surface area contributed by atoms with Crippen LogP contribution in [-0.2, 0) is 9.59 Å². The molecule has 2 N–H and O–H groups in total. The maximum Gasteiger partial charge on any atom is 0.490 e. The monoisotopic (exact) mass is 406 g/mol. The smallest absolute Gasteiger partial charge is 0.480 e. The molecule has 1 atom stereocenters. The highest BCUT2D eigenvalue weighted by Gasteiger charge is 2.38. The fraction of sp³-hybridized carbons (Fsp3) is 0.353. The average Bonchev–Trinajstić information content (AvgIpc) is 3.07. The number of hydrogen-bond donors (Lipinski definition) is 2. The van der Waals surface area contributed by atoms with Crippen molar-refractivity contribution in [3.63, 3.8) is 0 Å². The molecule has 0 radical (unpaired) electrons. The lowest BCUT2D eigenvalue weighted by Gasteiger charge is -2.25. The van der Waals surface area contributed by atoms with Gasteiger partial charge in [0.2, 0.25) is 0 Å². The Morgan fingerprint density at radius 2 is 1.82 bits per heavy atom. The zero-order chi connectivity index (χ0) is 21.2. The molecule has 152 valence electrons. The Bertz CT molecular complexity index is 917. The fourth-order valence-corrected chi connectivity index (χ4v) is 2.89. The molecule has 11 heteroatoms. The Balaban J connectivity index is 0.000000345. The summed E-state index contributed by atoms with van der Waals surface area (Å²) in [5.74, 6) is -5.61. The zero-order valence-corrected chi connectivity index (χ0v) is 14.4. The molecule has 1 aliphatic heterocycles. The summed E-state index contributed by atoms with van der Waals surface area (Å²) in [6, 6.07) is 3.58. The molecule has 3 rings (SSSR count). The molecule has 1 aromatic heterocycles. The normalized spacial score (nSPS) is 16.6. The molecule has 28 heavy (non-hydrogen) atoms. The number of carbonyl (C=O) groups is 2. The summed E-state index contributed by atoms with van der Waals surface area (Å²) in [6.07, 6.45) is -3.79. The molecule has 1 unspecified atom stereocenters. The Morgan fingerprint density at radius 3 is 2.36 bits per heavy atom. The van der Waals surface area contributed by atoms with Crippen molar-refractivity contribution in [2.75, 3.05) is 11.4 Å². The zero-order valence-electron chi connectivity index (χ0n) is 14.4. The number of alkyl halides is 3. The molecule has 1 fully saturated rings. The van der Waals surface area contributed by atoms with E-state index in [0.717, 1.165) is 12.5 Å². The number of benzene rings is 1. The molecule has 0 aliphatic carbocycles. The van der Waals surface area contributed by atoms with Gasteiger partial charge in [-0.05, 0) is 38.0 Å². The van der Waals surface area contributed by atoms with Crippen LogP contribution in [0.3, 0.4) is 0 Å². The maximum atomic E-state index is 13.9. The van der Waals surface area contributed by atoms with Crippen LogP contribution in [0.4, 0.5) is 27.6 Å². The van der Waals surface area contributed by atoms with Gasteiger partial charge in [0.1, 0.15) is 11.6 Å². The molecule has 2 aromatic rings. The van der Waals surface area contributed by atoms with E-state index in [1.165, 1.54) is 6.07 Å². The summed E-state index contributed by atoms with van der Waals surface area (Å²) in [6.45, 7) is 2.26. The Labute approximate surface area is 155 Å². The van der Waals surface area contributed by atoms with Crippen LogP contribution >= 0.6 is 0 Å². The Morgan fingerprint density at radius 1 is 1.21 bits per heavy atom. The maximum absolute atomic E-state index is 13.9. The number of nitrogens with zero attached hydrogens (tertiary/aromatic N) is 2. The third kappa shape index (κ3) is 4.46. The second-order valence-electron chi connectivity index (χ2n) is 6.03. The van der Waals surface area contributed by atoms with E-state index >= 15 is 0 Å². The summed E-state index contributed by atoms with van der Waals surface area (Å²) in [4.78, 5) is 26.0. The predicted octanol–water partition coefficient (Wildman–Crippen LogP) is 3.51. The highest BCUT2D eigenvalue weighted by atomic mass is 19.4. The molecule has 1 aliphatic rings. The minimum atomic E-state index is -5.08. The molecule has 1 saturated heterocycles. The first kappa shape index (κ1) is 21.3. The van der Waals surface area contributed by atoms with Gasteiger partial charge in [0.05, 0.1) is 0 Å². The SMILES string of the molecule is Cc1cc(N2CCCC2C(=O)O)c2ccc(F)c(F)c2n1.O=C(O)C(F)(F)F. The third-order valence-electron chi connectivity index (χ3n) is 4.07. The van der Waals surface area contributed by atoms with Gasteiger partial charge in [-0.1, -0.05) is 0 Å². The van der Waals surface area contributed by atoms with E-state index in [0.29, 0.717) is 29.7 Å². The van der Waals surface area contributed by atoms with E-state index in [2.05, 4.69) is 4.98 Å². The van der Waals surface area contributed by atoms with E-state index in [1.807, 2.05) is 0 Å². The number of anilines is 1. The number of fused-ring (bicyclic) bond motifs is 1. The lowest BCUT2D eigenvalue weighted by molar-refractivity contribution is -0.192. The van der Waals surface area contributed by atoms with Gasteiger partial charge < -0.3 is 15.1 Å². The number of aryl methyl sites for hydroxylation is 1. The van der Waals surface area contributed by atoms with Gasteiger partial charge in [0.25, 0.3) is 0 Å². The van der Waals surface area contributed by atoms with Crippen molar-refractivity contribution in [3.05, 3.63) is 35.5 Å². The van der Waals surface area contributed by atoms with Crippen LogP contribution in [0, 0.1) is 18.6 Å². The van der Waals surface area contributed by atoms with Crippen molar-refractivity contribution < 1.29 is 41.8 Å². The number of carboxylic acid groups (broad SMARTS) is 2. The summed E-state index contributed by atoms with van der Waals surface area (Å²) >= 11 is 0. The minimum absolute atomic E-state index is 0.0546. The number of halogens is 5. The van der Waals surface area contributed by atoms with Crippen molar-refractivity contribution in [1.29, 1.82) is 0 Å². The van der Waals surface area contributed by atoms with Crippen molar-refractivity contribution in [2.45, 2.75) is 32.0 Å². The Hall–Kier alpha value is -2.98. The van der Waals surface area contributed by atoms with E-state index in [4.69, 9.17) is 9.90 Å². The predicted molar refractivity (Wildman–Crippen MR) is 88.1 cm³/mol. The van der Waals surface area contributed by atoms with Crippen molar-refractivity contribution in [1.82, 2.24) is 4.98 Å². The standard InChI is InChI=1S/C15H14F2N2O2.C2HF3O2/c1-8-7-12(19-6-2-3-11(19)15(20)21)9-4-5-10(16)13(17)14(9)18-8;3-2(4,5)1(6)7/h4-5,7,11H,2-3,6H2,1H3,(H,20,21);(H,6,7). The average molecular weight is 406 g/mol. The van der Waals surface area contributed by atoms with Gasteiger partial charge in [-0.15, -0.1) is 0 Å². The summed E-state index contributed by atoms with van der Waals surface area (Å²) < 4.78 is 59.0. The molecular formula is C17H15F5N2O4. The largest absolute Gasteiger partial charge is 0.490 e. The highest BCUT2D eigenvalue weighted by molar-refractivity contribution is 5.94. The fourth-order valence-electron chi connectivity index (χ4n) is 2.89. The van der Waals surface area contributed by atoms with E-state index in [-0.39, 0.29) is 5.52 Å². The molecule has 1 aromatic carbocycles. The van der Waals surface area contributed by atoms with Crippen LogP contribution in [0.25, 0.3) is 10.9 Å². The summed E-state index contributed by atoms with van der Waals surface area (Å²) in [7, 11) is 0. The molecule has 0 spiro atoms. The molecular weight excluding hydrogens is 391 g/mol. The topological polar surface area (TPSA) is 90.7 Å². The van der Waals surface area contributed by atoms with E-state index in [9.17, 15) is 31.9 Å². The van der Waals surface area contributed by atoms with Gasteiger partial charge >= 0.3 is 18.1 Å². The number of carboxylic acids is 2. The van der Waals surface area contributed by atoms with Crippen molar-refractivity contribution in [2.24, 2.45) is 0 Å². The first-order chi connectivity index (χ1) is 12.9. The van der Waals surface area contributed by atoms with Crippen molar-refractivity contribution in [3.8, 4) is 0 Å². The molecule has 0 bridgehead atoms. The Kier molecular flexibility index (Phi) is 6.05. The second-order valence-corrected chi connectivity index (χ2v) is 6.03. The second kappa shape index (κ2) is 7.95. The summed E-state index contributed by atoms with van der Waals surface area (Å²) in [5.41, 5.74) is 1.07. The molecule has 6 nitrogen and oxygen atoms in total. The van der Waals surface area contributed by atoms with E-state index < -0.39 is 35.8 Å². The van der Waals surface area contributed by atoms with Crippen LogP contribution in [0.5, 0.6) is 0 Å². The molecule has 0 amide bonds. The summed E-state index contributed by atoms with van der Waals surface area (Å²) in [5, 5.41) is 16.9. The number of aliphatic carboxylic acids is 2. The highest BCUT2D eigenvalue weighted by Crippen LogP contribution is 2.33. The van der Waals surface area contributed by atoms with Crippen LogP contribution < -0.4 is 4.90 Å². The molecule has 2 heterocycles. The van der Waals surface area contributed by atoms with Gasteiger partial charge in [-0.3, -0.25) is 0 Å². The van der Waals surface area contributed by atoms with Crippen LogP contribution in [0.15, 0.2) is 18.2 Å². The molecule has 0 saturated carbocycles. The van der Waals surface area contributed by atoms with Crippen LogP contribution in [0.2, 0.25) is 0 Å². The lowest BCUT2D eigenvalue weighted by Crippen LogP contribution is -2.36. The quantitative estimate of drug-likeness (QED) is 0.742. The van der Waals surface area contributed by atoms with Crippen LogP contribution in [0.1, 0.15) is 18.5 Å².